The summed E-state index contributed by atoms with van der Waals surface area (Å²) >= 11 is 0. The highest BCUT2D eigenvalue weighted by molar-refractivity contribution is 5.30. The van der Waals surface area contributed by atoms with Crippen LogP contribution < -0.4 is 5.32 Å². The number of hydrogen-bond acceptors (Lipinski definition) is 1. The number of halogens is 3. The molecule has 0 spiro atoms. The van der Waals surface area contributed by atoms with Crippen LogP contribution in [0.25, 0.3) is 0 Å². The van der Waals surface area contributed by atoms with Crippen LogP contribution in [0.1, 0.15) is 36.8 Å². The Hall–Kier alpha value is -1.03. The SMILES string of the molecule is CC(F)(F)c1ccc(F)c(C2CCNCC2)c1. The average molecular weight is 243 g/mol. The summed E-state index contributed by atoms with van der Waals surface area (Å²) in [6, 6.07) is 3.65. The Morgan fingerprint density at radius 3 is 2.47 bits per heavy atom. The lowest BCUT2D eigenvalue weighted by Crippen LogP contribution is -2.27. The second-order valence-electron chi connectivity index (χ2n) is 4.65. The standard InChI is InChI=1S/C13H16F3N/c1-13(15,16)10-2-3-12(14)11(8-10)9-4-6-17-7-5-9/h2-3,8-9,17H,4-7H2,1H3. The van der Waals surface area contributed by atoms with Gasteiger partial charge < -0.3 is 5.32 Å². The highest BCUT2D eigenvalue weighted by atomic mass is 19.3. The van der Waals surface area contributed by atoms with E-state index < -0.39 is 5.92 Å². The van der Waals surface area contributed by atoms with Crippen molar-refractivity contribution in [2.24, 2.45) is 0 Å². The Bertz CT molecular complexity index is 392. The van der Waals surface area contributed by atoms with Crippen LogP contribution in [0, 0.1) is 5.82 Å². The van der Waals surface area contributed by atoms with Crippen molar-refractivity contribution in [3.8, 4) is 0 Å². The number of piperidine rings is 1. The monoisotopic (exact) mass is 243 g/mol. The van der Waals surface area contributed by atoms with Crippen LogP contribution in [0.5, 0.6) is 0 Å². The minimum absolute atomic E-state index is 0.0542. The lowest BCUT2D eigenvalue weighted by Gasteiger charge is -2.24. The molecule has 0 bridgehead atoms. The topological polar surface area (TPSA) is 12.0 Å². The fraction of sp³-hybridized carbons (Fsp3) is 0.538. The van der Waals surface area contributed by atoms with Crippen molar-refractivity contribution in [2.75, 3.05) is 13.1 Å². The summed E-state index contributed by atoms with van der Waals surface area (Å²) in [6.45, 7) is 2.47. The van der Waals surface area contributed by atoms with Gasteiger partial charge in [-0.25, -0.2) is 13.2 Å². The molecule has 0 saturated carbocycles. The van der Waals surface area contributed by atoms with Gasteiger partial charge >= 0.3 is 0 Å². The molecule has 0 unspecified atom stereocenters. The quantitative estimate of drug-likeness (QED) is 0.839. The first-order chi connectivity index (χ1) is 7.98. The second kappa shape index (κ2) is 4.69. The lowest BCUT2D eigenvalue weighted by molar-refractivity contribution is 0.0173. The molecule has 17 heavy (non-hydrogen) atoms. The molecule has 4 heteroatoms. The highest BCUT2D eigenvalue weighted by Crippen LogP contribution is 2.33. The molecule has 1 aromatic rings. The summed E-state index contributed by atoms with van der Waals surface area (Å²) in [5, 5.41) is 3.18. The van der Waals surface area contributed by atoms with E-state index in [-0.39, 0.29) is 17.3 Å². The minimum Gasteiger partial charge on any atom is -0.317 e. The molecular weight excluding hydrogens is 227 g/mol. The summed E-state index contributed by atoms with van der Waals surface area (Å²) < 4.78 is 40.1. The average Bonchev–Trinajstić information content (AvgIpc) is 2.29. The summed E-state index contributed by atoms with van der Waals surface area (Å²) in [6.07, 6.45) is 1.60. The van der Waals surface area contributed by atoms with Crippen LogP contribution in [0.3, 0.4) is 0 Å². The normalized spacial score (nSPS) is 18.4. The van der Waals surface area contributed by atoms with Gasteiger partial charge in [0.2, 0.25) is 0 Å². The fourth-order valence-electron chi connectivity index (χ4n) is 2.26. The van der Waals surface area contributed by atoms with Crippen LogP contribution in [0.2, 0.25) is 0 Å². The van der Waals surface area contributed by atoms with E-state index in [0.29, 0.717) is 5.56 Å². The van der Waals surface area contributed by atoms with E-state index >= 15 is 0 Å². The number of rotatable bonds is 2. The van der Waals surface area contributed by atoms with E-state index in [4.69, 9.17) is 0 Å². The van der Waals surface area contributed by atoms with Crippen molar-refractivity contribution in [2.45, 2.75) is 31.6 Å². The van der Waals surface area contributed by atoms with E-state index in [9.17, 15) is 13.2 Å². The molecule has 1 heterocycles. The van der Waals surface area contributed by atoms with Gasteiger partial charge in [0.05, 0.1) is 0 Å². The molecule has 1 aromatic carbocycles. The number of alkyl halides is 2. The van der Waals surface area contributed by atoms with E-state index in [0.717, 1.165) is 38.9 Å². The summed E-state index contributed by atoms with van der Waals surface area (Å²) in [4.78, 5) is 0. The minimum atomic E-state index is -2.91. The van der Waals surface area contributed by atoms with E-state index in [1.54, 1.807) is 0 Å². The van der Waals surface area contributed by atoms with Gasteiger partial charge in [0.1, 0.15) is 5.82 Å². The van der Waals surface area contributed by atoms with E-state index in [1.807, 2.05) is 0 Å². The van der Waals surface area contributed by atoms with Gasteiger partial charge in [-0.2, -0.15) is 0 Å². The van der Waals surface area contributed by atoms with Gasteiger partial charge in [-0.15, -0.1) is 0 Å². The zero-order valence-corrected chi connectivity index (χ0v) is 9.77. The largest absolute Gasteiger partial charge is 0.317 e. The molecule has 1 nitrogen and oxygen atoms in total. The number of nitrogens with one attached hydrogen (secondary N) is 1. The molecule has 1 saturated heterocycles. The third-order valence-electron chi connectivity index (χ3n) is 3.28. The summed E-state index contributed by atoms with van der Waals surface area (Å²) in [5.41, 5.74) is 0.331. The van der Waals surface area contributed by atoms with E-state index in [2.05, 4.69) is 5.32 Å². The molecule has 0 aromatic heterocycles. The second-order valence-corrected chi connectivity index (χ2v) is 4.65. The Morgan fingerprint density at radius 1 is 1.24 bits per heavy atom. The zero-order valence-electron chi connectivity index (χ0n) is 9.77. The molecular formula is C13H16F3N. The summed E-state index contributed by atoms with van der Waals surface area (Å²) in [5.74, 6) is -3.22. The Balaban J connectivity index is 2.31. The maximum atomic E-state index is 13.7. The predicted molar refractivity (Wildman–Crippen MR) is 60.8 cm³/mol. The maximum Gasteiger partial charge on any atom is 0.270 e. The van der Waals surface area contributed by atoms with Crippen molar-refractivity contribution in [3.05, 3.63) is 35.1 Å². The number of hydrogen-bond donors (Lipinski definition) is 1. The van der Waals surface area contributed by atoms with Gasteiger partial charge in [0.15, 0.2) is 0 Å². The smallest absolute Gasteiger partial charge is 0.270 e. The molecule has 0 amide bonds. The molecule has 1 fully saturated rings. The van der Waals surface area contributed by atoms with Crippen molar-refractivity contribution in [3.63, 3.8) is 0 Å². The zero-order chi connectivity index (χ0) is 12.5. The predicted octanol–water partition coefficient (Wildman–Crippen LogP) is 3.40. The van der Waals surface area contributed by atoms with Crippen LogP contribution in [-0.2, 0) is 5.92 Å². The Labute approximate surface area is 99.0 Å². The molecule has 1 aliphatic rings. The first kappa shape index (κ1) is 12.4. The van der Waals surface area contributed by atoms with Crippen LogP contribution in [-0.4, -0.2) is 13.1 Å². The first-order valence-corrected chi connectivity index (χ1v) is 5.87. The van der Waals surface area contributed by atoms with Gasteiger partial charge in [-0.3, -0.25) is 0 Å². The molecule has 1 aliphatic heterocycles. The van der Waals surface area contributed by atoms with Gasteiger partial charge in [0, 0.05) is 12.5 Å². The molecule has 0 radical (unpaired) electrons. The van der Waals surface area contributed by atoms with Gasteiger partial charge in [0.25, 0.3) is 5.92 Å². The Morgan fingerprint density at radius 2 is 1.88 bits per heavy atom. The molecule has 2 rings (SSSR count). The van der Waals surface area contributed by atoms with Crippen LogP contribution in [0.4, 0.5) is 13.2 Å². The van der Waals surface area contributed by atoms with Gasteiger partial charge in [-0.1, -0.05) is 6.07 Å². The summed E-state index contributed by atoms with van der Waals surface area (Å²) in [7, 11) is 0. The third kappa shape index (κ3) is 2.80. The first-order valence-electron chi connectivity index (χ1n) is 5.87. The number of benzene rings is 1. The maximum absolute atomic E-state index is 13.7. The van der Waals surface area contributed by atoms with Crippen molar-refractivity contribution >= 4 is 0 Å². The van der Waals surface area contributed by atoms with Crippen molar-refractivity contribution < 1.29 is 13.2 Å². The van der Waals surface area contributed by atoms with Crippen LogP contribution >= 0.6 is 0 Å². The van der Waals surface area contributed by atoms with E-state index in [1.165, 1.54) is 12.1 Å². The van der Waals surface area contributed by atoms with Crippen molar-refractivity contribution in [1.29, 1.82) is 0 Å². The highest BCUT2D eigenvalue weighted by Gasteiger charge is 2.27. The molecule has 0 aliphatic carbocycles. The third-order valence-corrected chi connectivity index (χ3v) is 3.28. The Kier molecular flexibility index (Phi) is 3.43. The fourth-order valence-corrected chi connectivity index (χ4v) is 2.26. The molecule has 94 valence electrons. The van der Waals surface area contributed by atoms with Gasteiger partial charge in [-0.05, 0) is 49.5 Å². The van der Waals surface area contributed by atoms with Crippen LogP contribution in [0.15, 0.2) is 18.2 Å². The van der Waals surface area contributed by atoms with Crippen molar-refractivity contribution in [1.82, 2.24) is 5.32 Å². The lowest BCUT2D eigenvalue weighted by atomic mass is 9.88. The molecule has 0 atom stereocenters. The molecule has 1 N–H and O–H groups in total.